The lowest BCUT2D eigenvalue weighted by atomic mass is 9.73. The predicted molar refractivity (Wildman–Crippen MR) is 343 cm³/mol. The van der Waals surface area contributed by atoms with E-state index < -0.39 is 153 Å². The van der Waals surface area contributed by atoms with E-state index in [0.717, 1.165) is 22.3 Å². The molecular formula is C72H91N3O21. The third-order valence-electron chi connectivity index (χ3n) is 18.6. The third-order valence-corrected chi connectivity index (χ3v) is 18.6. The molecule has 0 aromatic heterocycles. The minimum Gasteiger partial charge on any atom is -0.445 e. The van der Waals surface area contributed by atoms with Gasteiger partial charge in [-0.15, -0.1) is 0 Å². The molecule has 4 saturated heterocycles. The molecule has 1 unspecified atom stereocenters. The van der Waals surface area contributed by atoms with E-state index in [9.17, 15) is 49.8 Å². The van der Waals surface area contributed by atoms with Crippen LogP contribution in [-0.2, 0) is 83.3 Å². The first-order chi connectivity index (χ1) is 46.6. The van der Waals surface area contributed by atoms with Crippen LogP contribution in [0, 0.1) is 17.8 Å². The number of hydrogen-bond donors (Lipinski definition) is 9. The van der Waals surface area contributed by atoms with Crippen LogP contribution in [0.4, 0.5) is 14.4 Å². The number of Topliss-reactive ketones (excluding diaryl/α,β-unsaturated/α-hetero) is 1. The largest absolute Gasteiger partial charge is 0.445 e. The lowest BCUT2D eigenvalue weighted by molar-refractivity contribution is -0.311. The highest BCUT2D eigenvalue weighted by molar-refractivity contribution is 5.81. The summed E-state index contributed by atoms with van der Waals surface area (Å²) in [5.74, 6) is -2.67. The normalized spacial score (nSPS) is 31.0. The summed E-state index contributed by atoms with van der Waals surface area (Å²) in [4.78, 5) is 55.3. The Hall–Kier alpha value is -6.98. The molecule has 5 fully saturated rings. The van der Waals surface area contributed by atoms with Gasteiger partial charge in [0.25, 0.3) is 0 Å². The number of nitrogens with one attached hydrogen (secondary N) is 3. The smallest absolute Gasteiger partial charge is 0.407 e. The monoisotopic (exact) mass is 1330 g/mol. The van der Waals surface area contributed by atoms with Crippen molar-refractivity contribution in [3.63, 3.8) is 0 Å². The van der Waals surface area contributed by atoms with E-state index in [1.54, 1.807) is 55.5 Å². The molecule has 3 amide bonds. The molecule has 96 heavy (non-hydrogen) atoms. The summed E-state index contributed by atoms with van der Waals surface area (Å²) in [6.07, 6.45) is -20.4. The molecule has 24 nitrogen and oxygen atoms in total. The molecule has 0 radical (unpaired) electrons. The summed E-state index contributed by atoms with van der Waals surface area (Å²) >= 11 is 0. The van der Waals surface area contributed by atoms with Crippen LogP contribution in [0.2, 0.25) is 0 Å². The number of carbonyl (C=O) groups excluding carboxylic acids is 4. The topological polar surface area (TPSA) is 327 Å². The molecule has 4 heterocycles. The summed E-state index contributed by atoms with van der Waals surface area (Å²) in [5, 5.41) is 78.2. The Morgan fingerprint density at radius 1 is 0.552 bits per heavy atom. The quantitative estimate of drug-likeness (QED) is 0.0180. The Balaban J connectivity index is 0.903. The van der Waals surface area contributed by atoms with E-state index >= 15 is 0 Å². The molecule has 0 spiro atoms. The number of aliphatic hydroxyl groups excluding tert-OH is 6. The number of alkyl carbamates (subject to hydrolysis) is 3. The molecule has 4 aliphatic heterocycles. The molecule has 21 atom stereocenters. The number of fused-ring (bicyclic) bond motifs is 1. The van der Waals surface area contributed by atoms with Crippen molar-refractivity contribution in [1.29, 1.82) is 0 Å². The van der Waals surface area contributed by atoms with Crippen molar-refractivity contribution in [3.8, 4) is 0 Å². The second-order valence-electron chi connectivity index (χ2n) is 25.4. The van der Waals surface area contributed by atoms with E-state index in [-0.39, 0.29) is 64.6 Å². The highest BCUT2D eigenvalue weighted by atomic mass is 16.8. The number of aliphatic hydroxyl groups is 6. The van der Waals surface area contributed by atoms with E-state index in [1.165, 1.54) is 0 Å². The zero-order valence-corrected chi connectivity index (χ0v) is 54.0. The summed E-state index contributed by atoms with van der Waals surface area (Å²) in [7, 11) is 0. The summed E-state index contributed by atoms with van der Waals surface area (Å²) in [5.41, 5.74) is 3.90. The molecule has 5 aliphatic rings. The van der Waals surface area contributed by atoms with Gasteiger partial charge in [-0.05, 0) is 78.2 Å². The fraction of sp³-hybridized carbons (Fsp3) is 0.528. The lowest BCUT2D eigenvalue weighted by Crippen LogP contribution is -2.66. The Bertz CT molecular complexity index is 3170. The van der Waals surface area contributed by atoms with Crippen molar-refractivity contribution in [2.24, 2.45) is 17.8 Å². The van der Waals surface area contributed by atoms with Crippen LogP contribution in [0.1, 0.15) is 99.1 Å². The van der Waals surface area contributed by atoms with Crippen LogP contribution in [0.15, 0.2) is 152 Å². The van der Waals surface area contributed by atoms with Crippen LogP contribution >= 0.6 is 0 Å². The fourth-order valence-electron chi connectivity index (χ4n) is 13.2. The highest BCUT2D eigenvalue weighted by Gasteiger charge is 2.56. The zero-order chi connectivity index (χ0) is 67.5. The highest BCUT2D eigenvalue weighted by Crippen LogP contribution is 2.43. The maximum absolute atomic E-state index is 14.8. The Kier molecular flexibility index (Phi) is 26.5. The fourth-order valence-corrected chi connectivity index (χ4v) is 13.2. The molecule has 1 saturated carbocycles. The minimum atomic E-state index is -1.79. The van der Waals surface area contributed by atoms with Gasteiger partial charge in [0.1, 0.15) is 68.3 Å². The molecule has 5 aromatic carbocycles. The molecule has 10 rings (SSSR count). The summed E-state index contributed by atoms with van der Waals surface area (Å²) in [6.45, 7) is 2.47. The number of amides is 3. The van der Waals surface area contributed by atoms with Gasteiger partial charge in [0, 0.05) is 31.9 Å². The number of ether oxygens (including phenoxy) is 11. The maximum Gasteiger partial charge on any atom is 0.407 e. The van der Waals surface area contributed by atoms with Crippen LogP contribution in [-0.4, -0.2) is 179 Å². The lowest BCUT2D eigenvalue weighted by Gasteiger charge is -2.48. The first-order valence-electron chi connectivity index (χ1n) is 33.3. The molecular weight excluding hydrogens is 1240 g/mol. The van der Waals surface area contributed by atoms with Crippen molar-refractivity contribution >= 4 is 24.1 Å². The average molecular weight is 1330 g/mol. The molecule has 24 heteroatoms. The van der Waals surface area contributed by atoms with Crippen molar-refractivity contribution in [3.05, 3.63) is 179 Å². The minimum absolute atomic E-state index is 0.00987. The van der Waals surface area contributed by atoms with Crippen molar-refractivity contribution in [1.82, 2.24) is 16.0 Å². The molecule has 5 aromatic rings. The third kappa shape index (κ3) is 19.4. The van der Waals surface area contributed by atoms with Crippen LogP contribution in [0.3, 0.4) is 0 Å². The molecule has 0 bridgehead atoms. The van der Waals surface area contributed by atoms with Gasteiger partial charge >= 0.3 is 18.3 Å². The Morgan fingerprint density at radius 3 is 1.69 bits per heavy atom. The second-order valence-corrected chi connectivity index (χ2v) is 25.4. The first-order valence-corrected chi connectivity index (χ1v) is 33.3. The number of unbranched alkanes of at least 4 members (excludes halogenated alkanes) is 1. The van der Waals surface area contributed by atoms with Gasteiger partial charge < -0.3 is 98.7 Å². The SMILES string of the molecule is C[C@H](C(=O)C[C@@H]1C[C@H](C)[C@@H](O[C@H]2O[C@H](CCCCO)[C@@H](O)C[C@H]2NC(=O)OCc2ccccc2)[C@H](O[C@@H]2O[C@H](CO)[C@@H](O[C@H]3O[C@H]4CCC(c5ccccc5)O[C@H]4[C@H](O)[C@H]3NC(=O)OCc3ccccc3)[C@H]2O)[C@H]1O)[C@@H](CNC(=O)OCc1ccccc1)OCc1ccccc1. The van der Waals surface area contributed by atoms with Gasteiger partial charge in [-0.2, -0.15) is 0 Å². The van der Waals surface area contributed by atoms with Gasteiger partial charge in [-0.3, -0.25) is 4.79 Å². The van der Waals surface area contributed by atoms with Gasteiger partial charge in [-0.25, -0.2) is 14.4 Å². The molecule has 520 valence electrons. The van der Waals surface area contributed by atoms with E-state index in [2.05, 4.69) is 16.0 Å². The number of hydrogen-bond acceptors (Lipinski definition) is 21. The average Bonchev–Trinajstić information content (AvgIpc) is 1.23. The number of benzene rings is 5. The van der Waals surface area contributed by atoms with Gasteiger partial charge in [0.2, 0.25) is 0 Å². The van der Waals surface area contributed by atoms with Crippen LogP contribution in [0.5, 0.6) is 0 Å². The maximum atomic E-state index is 14.8. The molecule has 1 aliphatic carbocycles. The first kappa shape index (κ1) is 71.8. The van der Waals surface area contributed by atoms with Gasteiger partial charge in [0.15, 0.2) is 18.9 Å². The Labute approximate surface area is 558 Å². The standard InChI is InChI=1S/C72H91N3O21/c1-43-34-50(35-52(78)44(2)57(86-39-45-20-8-3-9-21-45)37-73-70(83)87-40-46-22-10-4-11-23-46)60(80)66(63(43)94-67-51(36-53(79)55(91-67)30-18-19-33-76)74-71(84)88-41-47-24-12-5-13-25-47)96-69-62(82)65(58(38-77)93-69)95-68-59(75-72(85)89-42-48-26-14-6-15-27-48)61(81)64-56(92-68)32-31-54(90-64)49-28-16-7-17-29-49/h3-17,20-29,43-44,50-51,53-69,76-77,79-82H,18-19,30-42H2,1-2H3,(H,73,83)(H,74,84)(H,75,85)/t43-,44+,50-,51+,53-,54?,55+,56-,57+,58+,59+,60-,61+,62+,63+,64+,65+,66+,67+,68+,69-/m0/s1. The zero-order valence-electron chi connectivity index (χ0n) is 54.0. The second kappa shape index (κ2) is 35.5. The summed E-state index contributed by atoms with van der Waals surface area (Å²) in [6, 6.07) is 43.5. The van der Waals surface area contributed by atoms with Gasteiger partial charge in [-0.1, -0.05) is 166 Å². The molecule has 9 N–H and O–H groups in total. The summed E-state index contributed by atoms with van der Waals surface area (Å²) < 4.78 is 69.2. The predicted octanol–water partition coefficient (Wildman–Crippen LogP) is 6.58. The van der Waals surface area contributed by atoms with E-state index in [0.29, 0.717) is 37.7 Å². The Morgan fingerprint density at radius 2 is 1.09 bits per heavy atom. The number of ketones is 1. The van der Waals surface area contributed by atoms with Crippen LogP contribution < -0.4 is 16.0 Å². The van der Waals surface area contributed by atoms with Gasteiger partial charge in [0.05, 0.1) is 62.0 Å². The van der Waals surface area contributed by atoms with Crippen LogP contribution in [0.25, 0.3) is 0 Å². The van der Waals surface area contributed by atoms with E-state index in [1.807, 2.05) is 110 Å². The number of rotatable bonds is 29. The van der Waals surface area contributed by atoms with E-state index in [4.69, 9.17) is 52.1 Å². The van der Waals surface area contributed by atoms with Crippen molar-refractivity contribution < 1.29 is 102 Å². The van der Waals surface area contributed by atoms with Crippen molar-refractivity contribution in [2.75, 3.05) is 19.8 Å². The number of carbonyl (C=O) groups is 4. The van der Waals surface area contributed by atoms with Crippen molar-refractivity contribution in [2.45, 2.75) is 202 Å².